The van der Waals surface area contributed by atoms with Crippen molar-refractivity contribution in [3.63, 3.8) is 0 Å². The van der Waals surface area contributed by atoms with Crippen molar-refractivity contribution >= 4 is 69.8 Å². The summed E-state index contributed by atoms with van der Waals surface area (Å²) >= 11 is 11.6. The summed E-state index contributed by atoms with van der Waals surface area (Å²) in [6, 6.07) is 17.1. The second kappa shape index (κ2) is 4.20. The highest BCUT2D eigenvalue weighted by Crippen LogP contribution is 2.42. The van der Waals surface area contributed by atoms with E-state index in [0.717, 1.165) is 14.2 Å². The fraction of sp³-hybridized carbons (Fsp3) is 0. The first-order valence-electron chi connectivity index (χ1n) is 5.93. The lowest BCUT2D eigenvalue weighted by Gasteiger charge is -1.99. The van der Waals surface area contributed by atoms with Gasteiger partial charge in [0.05, 0.1) is 9.72 Å². The Balaban J connectivity index is 2.25. The van der Waals surface area contributed by atoms with Gasteiger partial charge in [-0.1, -0.05) is 41.9 Å². The van der Waals surface area contributed by atoms with Crippen LogP contribution >= 0.6 is 38.9 Å². The fourth-order valence-electron chi connectivity index (χ4n) is 2.47. The molecule has 1 heterocycles. The highest BCUT2D eigenvalue weighted by atomic mass is 79.9. The molecule has 19 heavy (non-hydrogen) atoms. The third-order valence-electron chi connectivity index (χ3n) is 3.40. The van der Waals surface area contributed by atoms with Crippen LogP contribution in [0.4, 0.5) is 0 Å². The Morgan fingerprint density at radius 3 is 2.42 bits per heavy atom. The Labute approximate surface area is 127 Å². The summed E-state index contributed by atoms with van der Waals surface area (Å²) in [6.07, 6.45) is 0. The molecule has 0 nitrogen and oxygen atoms in total. The third kappa shape index (κ3) is 1.71. The zero-order valence-corrected chi connectivity index (χ0v) is 12.9. The predicted molar refractivity (Wildman–Crippen MR) is 89.5 cm³/mol. The number of hydrogen-bond acceptors (Lipinski definition) is 1. The summed E-state index contributed by atoms with van der Waals surface area (Å²) in [5.41, 5.74) is 0. The van der Waals surface area contributed by atoms with Gasteiger partial charge in [-0.3, -0.25) is 0 Å². The molecule has 4 rings (SSSR count). The minimum Gasteiger partial charge on any atom is -0.134 e. The van der Waals surface area contributed by atoms with Crippen LogP contribution in [0.2, 0.25) is 5.02 Å². The average Bonchev–Trinajstić information content (AvgIpc) is 2.79. The first kappa shape index (κ1) is 11.7. The maximum absolute atomic E-state index is 6.39. The van der Waals surface area contributed by atoms with E-state index in [2.05, 4.69) is 58.4 Å². The molecule has 0 radical (unpaired) electrons. The molecule has 0 saturated carbocycles. The molecule has 0 aliphatic heterocycles. The Morgan fingerprint density at radius 1 is 0.895 bits per heavy atom. The van der Waals surface area contributed by atoms with E-state index in [-0.39, 0.29) is 0 Å². The van der Waals surface area contributed by atoms with Crippen LogP contribution in [0.5, 0.6) is 0 Å². The van der Waals surface area contributed by atoms with Gasteiger partial charge in [0.1, 0.15) is 0 Å². The number of benzene rings is 3. The van der Waals surface area contributed by atoms with Gasteiger partial charge >= 0.3 is 0 Å². The zero-order chi connectivity index (χ0) is 13.0. The van der Waals surface area contributed by atoms with Gasteiger partial charge in [0.25, 0.3) is 0 Å². The number of hydrogen-bond donors (Lipinski definition) is 0. The SMILES string of the molecule is Clc1c(Br)ccc2c1sc1cc3ccccc3cc12. The van der Waals surface area contributed by atoms with E-state index in [1.165, 1.54) is 26.2 Å². The number of rotatable bonds is 0. The Morgan fingerprint density at radius 2 is 1.63 bits per heavy atom. The second-order valence-electron chi connectivity index (χ2n) is 4.54. The molecule has 3 aromatic carbocycles. The third-order valence-corrected chi connectivity index (χ3v) is 5.98. The fourth-order valence-corrected chi connectivity index (χ4v) is 4.38. The molecule has 4 aromatic rings. The predicted octanol–water partition coefficient (Wildman–Crippen LogP) is 6.62. The van der Waals surface area contributed by atoms with E-state index in [1.54, 1.807) is 11.3 Å². The number of halogens is 2. The maximum Gasteiger partial charge on any atom is 0.0726 e. The minimum atomic E-state index is 0.808. The van der Waals surface area contributed by atoms with E-state index in [4.69, 9.17) is 11.6 Å². The van der Waals surface area contributed by atoms with Crippen LogP contribution in [0, 0.1) is 0 Å². The molecular formula is C16H8BrClS. The standard InChI is InChI=1S/C16H8BrClS/c17-13-6-5-11-12-7-9-3-1-2-4-10(9)8-14(12)19-16(11)15(13)18/h1-8H. The van der Waals surface area contributed by atoms with Gasteiger partial charge in [0.2, 0.25) is 0 Å². The smallest absolute Gasteiger partial charge is 0.0726 e. The normalized spacial score (nSPS) is 11.7. The second-order valence-corrected chi connectivity index (χ2v) is 6.82. The Bertz CT molecular complexity index is 940. The molecule has 0 saturated heterocycles. The zero-order valence-electron chi connectivity index (χ0n) is 9.78. The molecule has 1 aromatic heterocycles. The topological polar surface area (TPSA) is 0 Å². The Hall–Kier alpha value is -1.09. The molecule has 92 valence electrons. The van der Waals surface area contributed by atoms with Gasteiger partial charge in [-0.2, -0.15) is 0 Å². The van der Waals surface area contributed by atoms with Crippen LogP contribution in [0.3, 0.4) is 0 Å². The molecule has 0 atom stereocenters. The lowest BCUT2D eigenvalue weighted by atomic mass is 10.1. The van der Waals surface area contributed by atoms with E-state index in [1.807, 2.05) is 6.07 Å². The van der Waals surface area contributed by atoms with Gasteiger partial charge in [0.15, 0.2) is 0 Å². The van der Waals surface area contributed by atoms with Crippen molar-refractivity contribution in [1.29, 1.82) is 0 Å². The molecular weight excluding hydrogens is 340 g/mol. The lowest BCUT2D eigenvalue weighted by Crippen LogP contribution is -1.72. The van der Waals surface area contributed by atoms with Crippen molar-refractivity contribution in [2.24, 2.45) is 0 Å². The van der Waals surface area contributed by atoms with Crippen LogP contribution in [0.15, 0.2) is 53.0 Å². The van der Waals surface area contributed by atoms with Crippen LogP contribution < -0.4 is 0 Å². The average molecular weight is 348 g/mol. The van der Waals surface area contributed by atoms with Crippen molar-refractivity contribution in [3.8, 4) is 0 Å². The van der Waals surface area contributed by atoms with Crippen molar-refractivity contribution in [2.75, 3.05) is 0 Å². The summed E-state index contributed by atoms with van der Waals surface area (Å²) in [4.78, 5) is 0. The minimum absolute atomic E-state index is 0.808. The molecule has 0 unspecified atom stereocenters. The molecule has 0 fully saturated rings. The summed E-state index contributed by atoms with van der Waals surface area (Å²) in [5.74, 6) is 0. The molecule has 0 bridgehead atoms. The summed E-state index contributed by atoms with van der Waals surface area (Å²) in [7, 11) is 0. The van der Waals surface area contributed by atoms with E-state index < -0.39 is 0 Å². The van der Waals surface area contributed by atoms with Gasteiger partial charge in [-0.05, 0) is 44.9 Å². The lowest BCUT2D eigenvalue weighted by molar-refractivity contribution is 1.77. The quantitative estimate of drug-likeness (QED) is 0.335. The highest BCUT2D eigenvalue weighted by molar-refractivity contribution is 9.10. The van der Waals surface area contributed by atoms with Crippen LogP contribution in [0.25, 0.3) is 30.9 Å². The monoisotopic (exact) mass is 346 g/mol. The Kier molecular flexibility index (Phi) is 2.59. The highest BCUT2D eigenvalue weighted by Gasteiger charge is 2.11. The molecule has 0 N–H and O–H groups in total. The van der Waals surface area contributed by atoms with Crippen LogP contribution in [0.1, 0.15) is 0 Å². The molecule has 0 aliphatic rings. The van der Waals surface area contributed by atoms with Crippen molar-refractivity contribution < 1.29 is 0 Å². The number of thiophene rings is 1. The number of fused-ring (bicyclic) bond motifs is 4. The van der Waals surface area contributed by atoms with Crippen molar-refractivity contribution in [3.05, 3.63) is 58.0 Å². The van der Waals surface area contributed by atoms with Crippen molar-refractivity contribution in [2.45, 2.75) is 0 Å². The molecule has 0 amide bonds. The maximum atomic E-state index is 6.39. The molecule has 0 spiro atoms. The van der Waals surface area contributed by atoms with E-state index >= 15 is 0 Å². The summed E-state index contributed by atoms with van der Waals surface area (Å²) < 4.78 is 3.40. The van der Waals surface area contributed by atoms with Crippen LogP contribution in [-0.4, -0.2) is 0 Å². The van der Waals surface area contributed by atoms with Gasteiger partial charge in [-0.25, -0.2) is 0 Å². The first-order valence-corrected chi connectivity index (χ1v) is 7.92. The summed E-state index contributed by atoms with van der Waals surface area (Å²) in [5, 5.41) is 5.88. The van der Waals surface area contributed by atoms with Crippen LogP contribution in [-0.2, 0) is 0 Å². The summed E-state index contributed by atoms with van der Waals surface area (Å²) in [6.45, 7) is 0. The molecule has 3 heteroatoms. The molecule has 0 aliphatic carbocycles. The van der Waals surface area contributed by atoms with Gasteiger partial charge in [0, 0.05) is 19.9 Å². The van der Waals surface area contributed by atoms with E-state index in [9.17, 15) is 0 Å². The largest absolute Gasteiger partial charge is 0.134 e. The van der Waals surface area contributed by atoms with Crippen molar-refractivity contribution in [1.82, 2.24) is 0 Å². The first-order chi connectivity index (χ1) is 9.24. The van der Waals surface area contributed by atoms with E-state index in [0.29, 0.717) is 0 Å². The van der Waals surface area contributed by atoms with Gasteiger partial charge < -0.3 is 0 Å². The van der Waals surface area contributed by atoms with Gasteiger partial charge in [-0.15, -0.1) is 11.3 Å².